The molecule has 6 nitrogen and oxygen atoms in total. The van der Waals surface area contributed by atoms with E-state index in [9.17, 15) is 9.90 Å². The van der Waals surface area contributed by atoms with Crippen LogP contribution in [-0.2, 0) is 14.3 Å². The van der Waals surface area contributed by atoms with E-state index in [2.05, 4.69) is 9.47 Å². The molecule has 1 fully saturated rings. The molecule has 1 aliphatic rings. The van der Waals surface area contributed by atoms with Gasteiger partial charge < -0.3 is 24.8 Å². The van der Waals surface area contributed by atoms with Crippen LogP contribution in [0.3, 0.4) is 0 Å². The lowest BCUT2D eigenvalue weighted by Crippen LogP contribution is -2.54. The van der Waals surface area contributed by atoms with E-state index in [-0.39, 0.29) is 6.61 Å². The van der Waals surface area contributed by atoms with Gasteiger partial charge in [0.25, 0.3) is 0 Å². The first kappa shape index (κ1) is 10.4. The summed E-state index contributed by atoms with van der Waals surface area (Å²) in [6.07, 6.45) is -5.07. The lowest BCUT2D eigenvalue weighted by molar-refractivity contribution is -0.259. The topological polar surface area (TPSA) is 96.2 Å². The number of rotatable bonds is 1. The normalized spacial score (nSPS) is 40.0. The van der Waals surface area contributed by atoms with Crippen LogP contribution < -0.4 is 0 Å². The Morgan fingerprint density at radius 1 is 1.46 bits per heavy atom. The Hall–Kier alpha value is -0.690. The average Bonchev–Trinajstić information content (AvgIpc) is 2.05. The van der Waals surface area contributed by atoms with Gasteiger partial charge in [-0.2, -0.15) is 0 Å². The van der Waals surface area contributed by atoms with Gasteiger partial charge in [-0.05, 0) is 0 Å². The van der Waals surface area contributed by atoms with Gasteiger partial charge in [0.05, 0.1) is 6.61 Å². The number of hydrogen-bond donors (Lipinski definition) is 3. The summed E-state index contributed by atoms with van der Waals surface area (Å²) in [5.74, 6) is -0.652. The summed E-state index contributed by atoms with van der Waals surface area (Å²) in [6, 6.07) is 0. The van der Waals surface area contributed by atoms with Gasteiger partial charge in [-0.15, -0.1) is 0 Å². The molecule has 1 heterocycles. The van der Waals surface area contributed by atoms with E-state index in [0.717, 1.165) is 6.92 Å². The molecular formula is C7H12O6. The summed E-state index contributed by atoms with van der Waals surface area (Å²) in [6.45, 7) is 0.959. The number of aliphatic hydroxyl groups excluding tert-OH is 3. The van der Waals surface area contributed by atoms with Crippen molar-refractivity contribution >= 4 is 5.97 Å². The highest BCUT2D eigenvalue weighted by Gasteiger charge is 2.40. The maximum absolute atomic E-state index is 10.5. The second kappa shape index (κ2) is 4.01. The maximum Gasteiger partial charge on any atom is 0.303 e. The molecule has 1 aliphatic heterocycles. The molecule has 0 unspecified atom stereocenters. The molecule has 6 heteroatoms. The first-order valence-corrected chi connectivity index (χ1v) is 3.85. The Balaban J connectivity index is 2.60. The van der Waals surface area contributed by atoms with Crippen molar-refractivity contribution < 1.29 is 29.6 Å². The molecule has 0 aromatic carbocycles. The van der Waals surface area contributed by atoms with Crippen LogP contribution in [-0.4, -0.2) is 52.5 Å². The van der Waals surface area contributed by atoms with Crippen LogP contribution in [0.25, 0.3) is 0 Å². The summed E-state index contributed by atoms with van der Waals surface area (Å²) < 4.78 is 9.20. The Labute approximate surface area is 74.7 Å². The largest absolute Gasteiger partial charge is 0.454 e. The Morgan fingerprint density at radius 2 is 2.08 bits per heavy atom. The summed E-state index contributed by atoms with van der Waals surface area (Å²) in [4.78, 5) is 10.5. The van der Waals surface area contributed by atoms with Gasteiger partial charge in [-0.3, -0.25) is 4.79 Å². The minimum absolute atomic E-state index is 0.180. The summed E-state index contributed by atoms with van der Waals surface area (Å²) >= 11 is 0. The first-order chi connectivity index (χ1) is 6.02. The van der Waals surface area contributed by atoms with Crippen molar-refractivity contribution in [2.24, 2.45) is 0 Å². The maximum atomic E-state index is 10.5. The number of carbonyl (C=O) groups is 1. The van der Waals surface area contributed by atoms with E-state index in [4.69, 9.17) is 10.2 Å². The van der Waals surface area contributed by atoms with Crippen LogP contribution in [0.5, 0.6) is 0 Å². The van der Waals surface area contributed by atoms with Crippen LogP contribution in [0, 0.1) is 0 Å². The molecule has 1 rings (SSSR count). The first-order valence-electron chi connectivity index (χ1n) is 3.85. The fraction of sp³-hybridized carbons (Fsp3) is 0.857. The molecule has 0 aliphatic carbocycles. The number of esters is 1. The van der Waals surface area contributed by atoms with Crippen molar-refractivity contribution in [1.29, 1.82) is 0 Å². The number of carbonyl (C=O) groups excluding carboxylic acids is 1. The quantitative estimate of drug-likeness (QED) is 0.415. The second-order valence-corrected chi connectivity index (χ2v) is 2.86. The molecule has 76 valence electrons. The molecule has 1 saturated heterocycles. The number of ether oxygens (including phenoxy) is 2. The van der Waals surface area contributed by atoms with E-state index in [1.807, 2.05) is 0 Å². The van der Waals surface area contributed by atoms with Crippen LogP contribution in [0.2, 0.25) is 0 Å². The molecule has 0 spiro atoms. The second-order valence-electron chi connectivity index (χ2n) is 2.86. The summed E-state index contributed by atoms with van der Waals surface area (Å²) in [7, 11) is 0. The van der Waals surface area contributed by atoms with Crippen molar-refractivity contribution in [3.63, 3.8) is 0 Å². The van der Waals surface area contributed by atoms with Crippen molar-refractivity contribution in [2.45, 2.75) is 31.5 Å². The third-order valence-corrected chi connectivity index (χ3v) is 1.75. The van der Waals surface area contributed by atoms with Crippen molar-refractivity contribution in [1.82, 2.24) is 0 Å². The van der Waals surface area contributed by atoms with Gasteiger partial charge in [-0.1, -0.05) is 0 Å². The molecule has 0 amide bonds. The van der Waals surface area contributed by atoms with Crippen LogP contribution in [0.1, 0.15) is 6.92 Å². The fourth-order valence-corrected chi connectivity index (χ4v) is 1.10. The lowest BCUT2D eigenvalue weighted by Gasteiger charge is -2.34. The van der Waals surface area contributed by atoms with Gasteiger partial charge in [0, 0.05) is 6.92 Å². The molecule has 0 bridgehead atoms. The Kier molecular flexibility index (Phi) is 3.21. The molecule has 0 aromatic heterocycles. The van der Waals surface area contributed by atoms with Gasteiger partial charge in [0.1, 0.15) is 12.2 Å². The highest BCUT2D eigenvalue weighted by Crippen LogP contribution is 2.16. The highest BCUT2D eigenvalue weighted by molar-refractivity contribution is 5.66. The summed E-state index contributed by atoms with van der Waals surface area (Å²) in [5, 5.41) is 27.5. The molecular weight excluding hydrogens is 180 g/mol. The van der Waals surface area contributed by atoms with E-state index in [1.165, 1.54) is 0 Å². The Morgan fingerprint density at radius 3 is 2.62 bits per heavy atom. The van der Waals surface area contributed by atoms with E-state index in [1.54, 1.807) is 0 Å². The highest BCUT2D eigenvalue weighted by atomic mass is 16.7. The van der Waals surface area contributed by atoms with Crippen LogP contribution in [0.4, 0.5) is 0 Å². The van der Waals surface area contributed by atoms with E-state index < -0.39 is 30.6 Å². The fourth-order valence-electron chi connectivity index (χ4n) is 1.10. The Bertz CT molecular complexity index is 193. The molecule has 0 aromatic rings. The van der Waals surface area contributed by atoms with Crippen LogP contribution >= 0.6 is 0 Å². The zero-order chi connectivity index (χ0) is 10.0. The third-order valence-electron chi connectivity index (χ3n) is 1.75. The number of aliphatic hydroxyl groups is 3. The van der Waals surface area contributed by atoms with Crippen LogP contribution in [0.15, 0.2) is 0 Å². The average molecular weight is 192 g/mol. The standard InChI is InChI=1S/C7H12O6/c1-3(8)13-6-5(10)4(9)2-12-7(6)11/h4-7,9-11H,2H2,1H3/t4-,5+,6-,7-/m1/s1. The number of hydrogen-bond acceptors (Lipinski definition) is 6. The van der Waals surface area contributed by atoms with E-state index >= 15 is 0 Å². The minimum atomic E-state index is -1.39. The molecule has 0 radical (unpaired) electrons. The predicted octanol–water partition coefficient (Wildman–Crippen LogP) is -2.01. The molecule has 4 atom stereocenters. The van der Waals surface area contributed by atoms with Gasteiger partial charge in [-0.25, -0.2) is 0 Å². The molecule has 3 N–H and O–H groups in total. The molecule has 0 saturated carbocycles. The lowest BCUT2D eigenvalue weighted by atomic mass is 10.1. The third kappa shape index (κ3) is 2.38. The summed E-state index contributed by atoms with van der Waals surface area (Å²) in [5.41, 5.74) is 0. The molecule has 13 heavy (non-hydrogen) atoms. The SMILES string of the molecule is CC(=O)O[C@@H]1[C@@H](O)[C@H](O)CO[C@H]1O. The van der Waals surface area contributed by atoms with Gasteiger partial charge in [0.15, 0.2) is 12.4 Å². The van der Waals surface area contributed by atoms with E-state index in [0.29, 0.717) is 0 Å². The minimum Gasteiger partial charge on any atom is -0.454 e. The smallest absolute Gasteiger partial charge is 0.303 e. The zero-order valence-corrected chi connectivity index (χ0v) is 7.08. The van der Waals surface area contributed by atoms with Crippen molar-refractivity contribution in [2.75, 3.05) is 6.61 Å². The zero-order valence-electron chi connectivity index (χ0n) is 7.08. The van der Waals surface area contributed by atoms with Gasteiger partial charge in [0.2, 0.25) is 0 Å². The van der Waals surface area contributed by atoms with Crippen molar-refractivity contribution in [3.8, 4) is 0 Å². The monoisotopic (exact) mass is 192 g/mol. The predicted molar refractivity (Wildman–Crippen MR) is 39.5 cm³/mol. The van der Waals surface area contributed by atoms with Gasteiger partial charge >= 0.3 is 5.97 Å². The van der Waals surface area contributed by atoms with Crippen molar-refractivity contribution in [3.05, 3.63) is 0 Å².